The van der Waals surface area contributed by atoms with Crippen molar-refractivity contribution in [3.8, 4) is 5.75 Å². The van der Waals surface area contributed by atoms with Gasteiger partial charge in [0.15, 0.2) is 11.9 Å². The van der Waals surface area contributed by atoms with Crippen molar-refractivity contribution in [3.63, 3.8) is 0 Å². The summed E-state index contributed by atoms with van der Waals surface area (Å²) in [7, 11) is 1.79. The lowest BCUT2D eigenvalue weighted by Crippen LogP contribution is -2.40. The summed E-state index contributed by atoms with van der Waals surface area (Å²) >= 11 is 0. The van der Waals surface area contributed by atoms with Crippen LogP contribution < -0.4 is 15.8 Å². The van der Waals surface area contributed by atoms with Crippen LogP contribution in [0.4, 0.5) is 5.69 Å². The lowest BCUT2D eigenvalue weighted by Gasteiger charge is -2.30. The van der Waals surface area contributed by atoms with Crippen LogP contribution in [0.15, 0.2) is 30.1 Å². The van der Waals surface area contributed by atoms with Crippen LogP contribution in [0.25, 0.3) is 0 Å². The summed E-state index contributed by atoms with van der Waals surface area (Å²) < 4.78 is 11.1. The van der Waals surface area contributed by atoms with Gasteiger partial charge in [0.25, 0.3) is 0 Å². The normalized spacial score (nSPS) is 18.6. The molecular formula is C19H25N5O3. The summed E-state index contributed by atoms with van der Waals surface area (Å²) in [5, 5.41) is 19.8. The van der Waals surface area contributed by atoms with E-state index in [1.807, 2.05) is 0 Å². The first-order chi connectivity index (χ1) is 13.0. The quantitative estimate of drug-likeness (QED) is 0.309. The molecule has 8 nitrogen and oxygen atoms in total. The molecule has 2 aliphatic rings. The fourth-order valence-corrected chi connectivity index (χ4v) is 2.90. The highest BCUT2D eigenvalue weighted by atomic mass is 16.5. The van der Waals surface area contributed by atoms with E-state index in [4.69, 9.17) is 26.0 Å². The van der Waals surface area contributed by atoms with Crippen LogP contribution in [0.5, 0.6) is 5.75 Å². The Hall–Kier alpha value is -2.87. The van der Waals surface area contributed by atoms with Gasteiger partial charge in [-0.3, -0.25) is 15.6 Å². The zero-order valence-corrected chi connectivity index (χ0v) is 15.4. The molecule has 144 valence electrons. The number of nitrogen functional groups attached to an aromatic ring is 1. The average molecular weight is 371 g/mol. The van der Waals surface area contributed by atoms with E-state index in [9.17, 15) is 4.79 Å². The van der Waals surface area contributed by atoms with Crippen molar-refractivity contribution < 1.29 is 14.3 Å². The van der Waals surface area contributed by atoms with Gasteiger partial charge in [-0.15, -0.1) is 0 Å². The third kappa shape index (κ3) is 4.28. The molecule has 1 heterocycles. The predicted molar refractivity (Wildman–Crippen MR) is 104 cm³/mol. The molecule has 0 bridgehead atoms. The third-order valence-corrected chi connectivity index (χ3v) is 4.73. The Kier molecular flexibility index (Phi) is 5.46. The summed E-state index contributed by atoms with van der Waals surface area (Å²) in [5.41, 5.74) is 6.11. The van der Waals surface area contributed by atoms with Gasteiger partial charge in [-0.25, -0.2) is 0 Å². The Balaban J connectivity index is 1.78. The van der Waals surface area contributed by atoms with Crippen LogP contribution >= 0.6 is 0 Å². The Labute approximate surface area is 158 Å². The van der Waals surface area contributed by atoms with Crippen LogP contribution in [0.1, 0.15) is 18.4 Å². The summed E-state index contributed by atoms with van der Waals surface area (Å²) in [6.07, 6.45) is 3.82. The molecule has 0 spiro atoms. The number of aldehydes is 1. The minimum Gasteiger partial charge on any atom is -0.480 e. The second-order valence-corrected chi connectivity index (χ2v) is 6.70. The van der Waals surface area contributed by atoms with Crippen LogP contribution in [0.3, 0.4) is 0 Å². The van der Waals surface area contributed by atoms with Gasteiger partial charge in [0.2, 0.25) is 0 Å². The number of anilines is 1. The van der Waals surface area contributed by atoms with E-state index >= 15 is 0 Å². The standard InChI is InChI=1S/C19H25N5O3/c1-23-17(24-6-8-26-9-7-24)11-16(21)18(22)14-10-13(2-3-15(14)20)27-19(12-25)4-5-19/h2-3,10-12,21-23H,4-9,20H2,1H3/b17-11+,21-16?,22-18?. The highest BCUT2D eigenvalue weighted by Gasteiger charge is 2.45. The van der Waals surface area contributed by atoms with E-state index < -0.39 is 5.60 Å². The molecule has 27 heavy (non-hydrogen) atoms. The predicted octanol–water partition coefficient (Wildman–Crippen LogP) is 1.16. The van der Waals surface area contributed by atoms with Gasteiger partial charge in [0.05, 0.1) is 24.6 Å². The molecule has 1 saturated carbocycles. The molecule has 2 fully saturated rings. The maximum Gasteiger partial charge on any atom is 0.164 e. The number of carbonyl (C=O) groups is 1. The molecule has 1 aliphatic heterocycles. The number of hydrogen-bond donors (Lipinski definition) is 4. The van der Waals surface area contributed by atoms with E-state index in [2.05, 4.69) is 10.2 Å². The van der Waals surface area contributed by atoms with E-state index in [1.165, 1.54) is 0 Å². The van der Waals surface area contributed by atoms with Gasteiger partial charge in [0, 0.05) is 37.5 Å². The molecule has 1 aromatic rings. The minimum absolute atomic E-state index is 0.00471. The SMILES string of the molecule is CN/C(=C\C(=N)C(=N)c1cc(OC2(C=O)CC2)ccc1N)N1CCOCC1. The average Bonchev–Trinajstić information content (AvgIpc) is 3.47. The number of nitrogens with two attached hydrogens (primary N) is 1. The smallest absolute Gasteiger partial charge is 0.164 e. The van der Waals surface area contributed by atoms with Gasteiger partial charge < -0.3 is 25.4 Å². The van der Waals surface area contributed by atoms with E-state index in [0.717, 1.165) is 25.2 Å². The number of carbonyl (C=O) groups excluding carboxylic acids is 1. The van der Waals surface area contributed by atoms with Crippen LogP contribution in [0.2, 0.25) is 0 Å². The van der Waals surface area contributed by atoms with Crippen LogP contribution in [-0.2, 0) is 9.53 Å². The first-order valence-corrected chi connectivity index (χ1v) is 8.93. The Morgan fingerprint density at radius 3 is 2.63 bits per heavy atom. The van der Waals surface area contributed by atoms with Gasteiger partial charge in [-0.05, 0) is 31.0 Å². The van der Waals surface area contributed by atoms with Crippen molar-refractivity contribution in [2.24, 2.45) is 0 Å². The summed E-state index contributed by atoms with van der Waals surface area (Å²) in [5.74, 6) is 1.24. The zero-order valence-electron chi connectivity index (χ0n) is 15.4. The van der Waals surface area contributed by atoms with E-state index in [1.54, 1.807) is 31.3 Å². The van der Waals surface area contributed by atoms with Crippen molar-refractivity contribution in [2.45, 2.75) is 18.4 Å². The Morgan fingerprint density at radius 2 is 2.04 bits per heavy atom. The number of hydrogen-bond acceptors (Lipinski definition) is 8. The first-order valence-electron chi connectivity index (χ1n) is 8.93. The molecule has 3 rings (SSSR count). The minimum atomic E-state index is -0.737. The maximum atomic E-state index is 11.1. The van der Waals surface area contributed by atoms with E-state index in [-0.39, 0.29) is 11.4 Å². The number of nitrogens with one attached hydrogen (secondary N) is 3. The molecule has 0 atom stereocenters. The van der Waals surface area contributed by atoms with E-state index in [0.29, 0.717) is 43.1 Å². The van der Waals surface area contributed by atoms with Crippen molar-refractivity contribution in [1.82, 2.24) is 10.2 Å². The second-order valence-electron chi connectivity index (χ2n) is 6.70. The highest BCUT2D eigenvalue weighted by molar-refractivity contribution is 6.50. The number of rotatable bonds is 8. The lowest BCUT2D eigenvalue weighted by atomic mass is 10.0. The molecular weight excluding hydrogens is 346 g/mol. The van der Waals surface area contributed by atoms with Crippen molar-refractivity contribution in [2.75, 3.05) is 39.1 Å². The first kappa shape index (κ1) is 18.9. The molecule has 1 saturated heterocycles. The van der Waals surface area contributed by atoms with Crippen molar-refractivity contribution in [1.29, 1.82) is 10.8 Å². The topological polar surface area (TPSA) is 125 Å². The maximum absolute atomic E-state index is 11.1. The fourth-order valence-electron chi connectivity index (χ4n) is 2.90. The Bertz CT molecular complexity index is 780. The summed E-state index contributed by atoms with van der Waals surface area (Å²) in [6.45, 7) is 2.72. The molecule has 1 aromatic carbocycles. The van der Waals surface area contributed by atoms with Crippen molar-refractivity contribution in [3.05, 3.63) is 35.7 Å². The number of allylic oxidation sites excluding steroid dienone is 1. The monoisotopic (exact) mass is 371 g/mol. The van der Waals surface area contributed by atoms with Crippen LogP contribution in [0, 0.1) is 10.8 Å². The number of ether oxygens (including phenoxy) is 2. The van der Waals surface area contributed by atoms with Gasteiger partial charge in [-0.2, -0.15) is 0 Å². The molecule has 1 aliphatic carbocycles. The van der Waals surface area contributed by atoms with Gasteiger partial charge in [-0.1, -0.05) is 0 Å². The summed E-state index contributed by atoms with van der Waals surface area (Å²) in [6, 6.07) is 4.94. The molecule has 0 aromatic heterocycles. The molecule has 0 radical (unpaired) electrons. The molecule has 5 N–H and O–H groups in total. The second kappa shape index (κ2) is 7.79. The zero-order chi connectivity index (χ0) is 19.4. The Morgan fingerprint density at radius 1 is 1.33 bits per heavy atom. The fraction of sp³-hybridized carbons (Fsp3) is 0.421. The van der Waals surface area contributed by atoms with Crippen LogP contribution in [-0.4, -0.2) is 61.6 Å². The molecule has 8 heteroatoms. The molecule has 0 amide bonds. The lowest BCUT2D eigenvalue weighted by molar-refractivity contribution is -0.115. The number of morpholine rings is 1. The van der Waals surface area contributed by atoms with Gasteiger partial charge in [0.1, 0.15) is 11.6 Å². The number of nitrogens with zero attached hydrogens (tertiary/aromatic N) is 1. The highest BCUT2D eigenvalue weighted by Crippen LogP contribution is 2.38. The molecule has 0 unspecified atom stereocenters. The van der Waals surface area contributed by atoms with Gasteiger partial charge >= 0.3 is 0 Å². The third-order valence-electron chi connectivity index (χ3n) is 4.73. The largest absolute Gasteiger partial charge is 0.480 e. The number of benzene rings is 1. The van der Waals surface area contributed by atoms with Crippen molar-refractivity contribution >= 4 is 23.4 Å². The summed E-state index contributed by atoms with van der Waals surface area (Å²) in [4.78, 5) is 13.2.